The van der Waals surface area contributed by atoms with Crippen LogP contribution < -0.4 is 15.4 Å². The summed E-state index contributed by atoms with van der Waals surface area (Å²) in [4.78, 5) is 10.3. The lowest BCUT2D eigenvalue weighted by Gasteiger charge is -2.25. The van der Waals surface area contributed by atoms with Crippen LogP contribution in [0, 0.1) is 0 Å². The molecule has 2 rings (SSSR count). The van der Waals surface area contributed by atoms with Crippen LogP contribution in [0.25, 0.3) is 0 Å². The number of aliphatic hydroxyl groups is 1. The number of likely N-dealkylation sites (N-methyl/N-ethyl adjacent to an activating group) is 1. The molecule has 0 atom stereocenters. The number of hydrogen-bond acceptors (Lipinski definition) is 6. The molecular formula is C14H24N4O2. The van der Waals surface area contributed by atoms with Crippen LogP contribution in [0.15, 0.2) is 6.33 Å². The summed E-state index contributed by atoms with van der Waals surface area (Å²) < 4.78 is 5.93. The first-order valence-electron chi connectivity index (χ1n) is 7.39. The molecule has 20 heavy (non-hydrogen) atoms. The quantitative estimate of drug-likeness (QED) is 0.823. The van der Waals surface area contributed by atoms with E-state index in [2.05, 4.69) is 9.97 Å². The van der Waals surface area contributed by atoms with Gasteiger partial charge in [0.2, 0.25) is 5.88 Å². The van der Waals surface area contributed by atoms with Crippen molar-refractivity contribution in [1.29, 1.82) is 0 Å². The first kappa shape index (κ1) is 14.8. The van der Waals surface area contributed by atoms with E-state index >= 15 is 0 Å². The van der Waals surface area contributed by atoms with E-state index in [9.17, 15) is 0 Å². The van der Waals surface area contributed by atoms with Crippen molar-refractivity contribution < 1.29 is 9.84 Å². The number of aromatic nitrogens is 2. The Bertz CT molecular complexity index is 422. The molecular weight excluding hydrogens is 256 g/mol. The largest absolute Gasteiger partial charge is 0.473 e. The summed E-state index contributed by atoms with van der Waals surface area (Å²) in [6.45, 7) is 3.29. The fourth-order valence-corrected chi connectivity index (χ4v) is 2.59. The van der Waals surface area contributed by atoms with E-state index in [0.717, 1.165) is 19.4 Å². The third kappa shape index (κ3) is 3.50. The third-order valence-electron chi connectivity index (χ3n) is 3.71. The van der Waals surface area contributed by atoms with Crippen molar-refractivity contribution in [2.75, 3.05) is 30.3 Å². The molecule has 1 aliphatic carbocycles. The maximum absolute atomic E-state index is 9.09. The summed E-state index contributed by atoms with van der Waals surface area (Å²) in [5.41, 5.74) is 6.60. The Labute approximate surface area is 120 Å². The summed E-state index contributed by atoms with van der Waals surface area (Å²) in [5, 5.41) is 9.09. The first-order valence-corrected chi connectivity index (χ1v) is 7.39. The minimum Gasteiger partial charge on any atom is -0.473 e. The molecule has 0 amide bonds. The molecule has 0 aliphatic heterocycles. The number of nitrogens with zero attached hydrogens (tertiary/aromatic N) is 3. The zero-order chi connectivity index (χ0) is 14.4. The second-order valence-electron chi connectivity index (χ2n) is 5.10. The highest BCUT2D eigenvalue weighted by Gasteiger charge is 2.19. The molecule has 112 valence electrons. The van der Waals surface area contributed by atoms with Gasteiger partial charge < -0.3 is 20.5 Å². The average Bonchev–Trinajstić information content (AvgIpc) is 2.48. The minimum absolute atomic E-state index is 0.0656. The Morgan fingerprint density at radius 3 is 2.75 bits per heavy atom. The van der Waals surface area contributed by atoms with Crippen LogP contribution in [0.4, 0.5) is 11.5 Å². The van der Waals surface area contributed by atoms with Crippen molar-refractivity contribution in [2.45, 2.75) is 45.1 Å². The van der Waals surface area contributed by atoms with E-state index in [4.69, 9.17) is 15.6 Å². The molecule has 6 nitrogen and oxygen atoms in total. The van der Waals surface area contributed by atoms with E-state index in [-0.39, 0.29) is 12.7 Å². The lowest BCUT2D eigenvalue weighted by atomic mass is 9.98. The zero-order valence-electron chi connectivity index (χ0n) is 12.1. The standard InChI is InChI=1S/C14H24N4O2/c1-2-18(8-9-19)13-12(15)14(17-10-16-13)20-11-6-4-3-5-7-11/h10-11,19H,2-9,15H2,1H3. The van der Waals surface area contributed by atoms with Crippen LogP contribution in [-0.2, 0) is 0 Å². The van der Waals surface area contributed by atoms with Crippen molar-refractivity contribution in [3.63, 3.8) is 0 Å². The molecule has 0 spiro atoms. The number of nitrogen functional groups attached to an aromatic ring is 1. The minimum atomic E-state index is 0.0656. The van der Waals surface area contributed by atoms with Crippen molar-refractivity contribution in [2.24, 2.45) is 0 Å². The van der Waals surface area contributed by atoms with E-state index in [1.165, 1.54) is 25.6 Å². The molecule has 1 aromatic rings. The number of rotatable bonds is 6. The topological polar surface area (TPSA) is 84.5 Å². The molecule has 0 bridgehead atoms. The van der Waals surface area contributed by atoms with Gasteiger partial charge in [0.05, 0.1) is 6.61 Å². The summed E-state index contributed by atoms with van der Waals surface area (Å²) >= 11 is 0. The SMILES string of the molecule is CCN(CCO)c1ncnc(OC2CCCCC2)c1N. The second kappa shape index (κ2) is 7.28. The molecule has 1 aromatic heterocycles. The fraction of sp³-hybridized carbons (Fsp3) is 0.714. The van der Waals surface area contributed by atoms with E-state index in [1.54, 1.807) is 0 Å². The predicted octanol–water partition coefficient (Wildman–Crippen LogP) is 1.59. The molecule has 0 aromatic carbocycles. The maximum atomic E-state index is 9.09. The predicted molar refractivity (Wildman–Crippen MR) is 78.9 cm³/mol. The Kier molecular flexibility index (Phi) is 5.40. The molecule has 1 aliphatic rings. The van der Waals surface area contributed by atoms with Crippen LogP contribution in [-0.4, -0.2) is 40.9 Å². The van der Waals surface area contributed by atoms with Crippen LogP contribution in [0.3, 0.4) is 0 Å². The van der Waals surface area contributed by atoms with Gasteiger partial charge in [-0.2, -0.15) is 4.98 Å². The molecule has 3 N–H and O–H groups in total. The van der Waals surface area contributed by atoms with Crippen LogP contribution in [0.1, 0.15) is 39.0 Å². The summed E-state index contributed by atoms with van der Waals surface area (Å²) in [6, 6.07) is 0. The van der Waals surface area contributed by atoms with E-state index in [1.807, 2.05) is 11.8 Å². The van der Waals surface area contributed by atoms with Crippen molar-refractivity contribution in [3.8, 4) is 5.88 Å². The van der Waals surface area contributed by atoms with Crippen molar-refractivity contribution in [1.82, 2.24) is 9.97 Å². The molecule has 6 heteroatoms. The van der Waals surface area contributed by atoms with Gasteiger partial charge in [0, 0.05) is 13.1 Å². The molecule has 0 saturated heterocycles. The molecule has 0 unspecified atom stereocenters. The lowest BCUT2D eigenvalue weighted by Crippen LogP contribution is -2.28. The fourth-order valence-electron chi connectivity index (χ4n) is 2.59. The first-order chi connectivity index (χ1) is 9.76. The Hall–Kier alpha value is -1.56. The van der Waals surface area contributed by atoms with E-state index < -0.39 is 0 Å². The number of aliphatic hydroxyl groups excluding tert-OH is 1. The van der Waals surface area contributed by atoms with Crippen LogP contribution in [0.2, 0.25) is 0 Å². The lowest BCUT2D eigenvalue weighted by molar-refractivity contribution is 0.149. The monoisotopic (exact) mass is 280 g/mol. The number of ether oxygens (including phenoxy) is 1. The summed E-state index contributed by atoms with van der Waals surface area (Å²) in [5.74, 6) is 1.11. The third-order valence-corrected chi connectivity index (χ3v) is 3.71. The van der Waals surface area contributed by atoms with Gasteiger partial charge in [0.1, 0.15) is 18.1 Å². The normalized spacial score (nSPS) is 16.1. The zero-order valence-corrected chi connectivity index (χ0v) is 12.1. The highest BCUT2D eigenvalue weighted by Crippen LogP contribution is 2.30. The smallest absolute Gasteiger partial charge is 0.242 e. The highest BCUT2D eigenvalue weighted by molar-refractivity contribution is 5.67. The van der Waals surface area contributed by atoms with Gasteiger partial charge >= 0.3 is 0 Å². The van der Waals surface area contributed by atoms with Gasteiger partial charge in [-0.05, 0) is 32.6 Å². The average molecular weight is 280 g/mol. The number of nitrogens with two attached hydrogens (primary N) is 1. The van der Waals surface area contributed by atoms with Crippen LogP contribution >= 0.6 is 0 Å². The molecule has 1 heterocycles. The molecule has 0 radical (unpaired) electrons. The van der Waals surface area contributed by atoms with Gasteiger partial charge in [0.25, 0.3) is 0 Å². The highest BCUT2D eigenvalue weighted by atomic mass is 16.5. The molecule has 1 fully saturated rings. The van der Waals surface area contributed by atoms with Gasteiger partial charge in [-0.15, -0.1) is 0 Å². The van der Waals surface area contributed by atoms with Gasteiger partial charge in [-0.3, -0.25) is 0 Å². The Morgan fingerprint density at radius 1 is 1.35 bits per heavy atom. The van der Waals surface area contributed by atoms with Gasteiger partial charge in [-0.1, -0.05) is 6.42 Å². The summed E-state index contributed by atoms with van der Waals surface area (Å²) in [6.07, 6.45) is 7.50. The number of hydrogen-bond donors (Lipinski definition) is 2. The Morgan fingerprint density at radius 2 is 2.10 bits per heavy atom. The van der Waals surface area contributed by atoms with Crippen LogP contribution in [0.5, 0.6) is 5.88 Å². The van der Waals surface area contributed by atoms with E-state index in [0.29, 0.717) is 23.9 Å². The van der Waals surface area contributed by atoms with Crippen molar-refractivity contribution in [3.05, 3.63) is 6.33 Å². The Balaban J connectivity index is 2.13. The van der Waals surface area contributed by atoms with Crippen molar-refractivity contribution >= 4 is 11.5 Å². The van der Waals surface area contributed by atoms with Gasteiger partial charge in [0.15, 0.2) is 5.82 Å². The second-order valence-corrected chi connectivity index (χ2v) is 5.10. The molecule has 1 saturated carbocycles. The maximum Gasteiger partial charge on any atom is 0.242 e. The number of anilines is 2. The summed E-state index contributed by atoms with van der Waals surface area (Å²) in [7, 11) is 0. The van der Waals surface area contributed by atoms with Gasteiger partial charge in [-0.25, -0.2) is 4.98 Å².